The fourth-order valence-corrected chi connectivity index (χ4v) is 7.39. The molecule has 46 heavy (non-hydrogen) atoms. The third-order valence-electron chi connectivity index (χ3n) is 9.47. The number of hydrogen-bond acceptors (Lipinski definition) is 2. The lowest BCUT2D eigenvalue weighted by atomic mass is 10.0. The number of rotatable bonds is 3. The van der Waals surface area contributed by atoms with Crippen LogP contribution in [-0.4, -0.2) is 20.9 Å². The van der Waals surface area contributed by atoms with E-state index in [9.17, 15) is 0 Å². The maximum Gasteiger partial charge on any atom is 0.138 e. The summed E-state index contributed by atoms with van der Waals surface area (Å²) in [5.74, 6) is 0.985. The van der Waals surface area contributed by atoms with Crippen LogP contribution in [0.2, 0.25) is 0 Å². The van der Waals surface area contributed by atoms with Gasteiger partial charge in [-0.1, -0.05) is 109 Å². The van der Waals surface area contributed by atoms with Gasteiger partial charge in [-0.05, 0) is 59.3 Å². The normalized spacial score (nSPS) is 16.1. The number of hydrogen-bond donors (Lipinski definition) is 1. The molecule has 1 unspecified atom stereocenters. The predicted octanol–water partition coefficient (Wildman–Crippen LogP) is 9.87. The van der Waals surface area contributed by atoms with E-state index < -0.39 is 0 Å². The number of para-hydroxylation sites is 2. The Hall–Kier alpha value is -6.13. The van der Waals surface area contributed by atoms with Crippen molar-refractivity contribution in [3.05, 3.63) is 163 Å². The molecule has 6 aromatic carbocycles. The SMILES string of the molecule is C1=CC2=NC(c3ccccc3)=C(n3c4ccccc4c4cc5c6cc7ccccc7cc6n(-c6ccccc6)c5cc43)NC2C=C1. The molecule has 2 aromatic heterocycles. The van der Waals surface area contributed by atoms with Crippen molar-refractivity contribution in [2.75, 3.05) is 0 Å². The lowest BCUT2D eigenvalue weighted by Crippen LogP contribution is -2.38. The Bertz CT molecular complexity index is 2650. The first-order valence-corrected chi connectivity index (χ1v) is 15.8. The quantitative estimate of drug-likeness (QED) is 0.219. The number of nitrogens with zero attached hydrogens (tertiary/aromatic N) is 3. The molecular formula is C42H28N4. The van der Waals surface area contributed by atoms with E-state index in [1.165, 1.54) is 43.4 Å². The lowest BCUT2D eigenvalue weighted by molar-refractivity contribution is 0.837. The molecule has 0 radical (unpaired) electrons. The number of nitrogens with one attached hydrogen (secondary N) is 1. The van der Waals surface area contributed by atoms with E-state index >= 15 is 0 Å². The monoisotopic (exact) mass is 588 g/mol. The van der Waals surface area contributed by atoms with Crippen molar-refractivity contribution < 1.29 is 0 Å². The fourth-order valence-electron chi connectivity index (χ4n) is 7.39. The van der Waals surface area contributed by atoms with Gasteiger partial charge < -0.3 is 9.88 Å². The summed E-state index contributed by atoms with van der Waals surface area (Å²) in [5, 5.41) is 11.3. The molecule has 10 rings (SSSR count). The van der Waals surface area contributed by atoms with E-state index in [4.69, 9.17) is 4.99 Å². The average Bonchev–Trinajstić information content (AvgIpc) is 3.61. The highest BCUT2D eigenvalue weighted by Gasteiger charge is 2.27. The van der Waals surface area contributed by atoms with Gasteiger partial charge in [-0.25, -0.2) is 4.99 Å². The van der Waals surface area contributed by atoms with E-state index in [2.05, 4.69) is 172 Å². The molecule has 1 aliphatic carbocycles. The summed E-state index contributed by atoms with van der Waals surface area (Å²) in [6.45, 7) is 0. The highest BCUT2D eigenvalue weighted by atomic mass is 15.2. The van der Waals surface area contributed by atoms with Gasteiger partial charge in [-0.3, -0.25) is 4.57 Å². The zero-order valence-corrected chi connectivity index (χ0v) is 24.9. The van der Waals surface area contributed by atoms with Gasteiger partial charge in [0.1, 0.15) is 11.5 Å². The molecule has 2 aliphatic rings. The molecule has 0 bridgehead atoms. The van der Waals surface area contributed by atoms with Crippen LogP contribution in [0.15, 0.2) is 163 Å². The minimum Gasteiger partial charge on any atom is -0.357 e. The summed E-state index contributed by atoms with van der Waals surface area (Å²) < 4.78 is 4.81. The maximum absolute atomic E-state index is 5.29. The molecule has 1 N–H and O–H groups in total. The number of aliphatic imine (C=N–C) groups is 1. The lowest BCUT2D eigenvalue weighted by Gasteiger charge is -2.29. The largest absolute Gasteiger partial charge is 0.357 e. The summed E-state index contributed by atoms with van der Waals surface area (Å²) in [7, 11) is 0. The van der Waals surface area contributed by atoms with Crippen LogP contribution in [0.3, 0.4) is 0 Å². The molecule has 0 spiro atoms. The smallest absolute Gasteiger partial charge is 0.138 e. The van der Waals surface area contributed by atoms with E-state index in [0.29, 0.717) is 0 Å². The van der Waals surface area contributed by atoms with Crippen molar-refractivity contribution in [1.29, 1.82) is 0 Å². The first kappa shape index (κ1) is 25.2. The molecule has 3 heterocycles. The van der Waals surface area contributed by atoms with Crippen LogP contribution in [0, 0.1) is 0 Å². The van der Waals surface area contributed by atoms with Crippen LogP contribution in [0.4, 0.5) is 0 Å². The van der Waals surface area contributed by atoms with E-state index in [0.717, 1.165) is 39.5 Å². The van der Waals surface area contributed by atoms with Gasteiger partial charge in [0.2, 0.25) is 0 Å². The second kappa shape index (κ2) is 9.68. The van der Waals surface area contributed by atoms with E-state index in [-0.39, 0.29) is 6.04 Å². The Balaban J connectivity index is 1.37. The minimum atomic E-state index is -0.00407. The minimum absolute atomic E-state index is 0.00407. The first-order chi connectivity index (χ1) is 22.8. The predicted molar refractivity (Wildman–Crippen MR) is 193 cm³/mol. The van der Waals surface area contributed by atoms with Crippen molar-refractivity contribution in [3.63, 3.8) is 0 Å². The van der Waals surface area contributed by atoms with Crippen LogP contribution in [0.5, 0.6) is 0 Å². The van der Waals surface area contributed by atoms with Gasteiger partial charge >= 0.3 is 0 Å². The highest BCUT2D eigenvalue weighted by molar-refractivity contribution is 6.21. The van der Waals surface area contributed by atoms with Crippen LogP contribution in [0.1, 0.15) is 5.56 Å². The van der Waals surface area contributed by atoms with Gasteiger partial charge in [-0.15, -0.1) is 0 Å². The van der Waals surface area contributed by atoms with Gasteiger partial charge in [0.25, 0.3) is 0 Å². The molecule has 1 atom stereocenters. The molecular weight excluding hydrogens is 560 g/mol. The average molecular weight is 589 g/mol. The van der Waals surface area contributed by atoms with Crippen LogP contribution in [0.25, 0.3) is 71.6 Å². The van der Waals surface area contributed by atoms with Crippen molar-refractivity contribution >= 4 is 71.6 Å². The van der Waals surface area contributed by atoms with Gasteiger partial charge in [0.05, 0.1) is 33.8 Å². The van der Waals surface area contributed by atoms with Gasteiger partial charge in [-0.2, -0.15) is 0 Å². The molecule has 4 nitrogen and oxygen atoms in total. The number of aromatic nitrogens is 2. The molecule has 1 aliphatic heterocycles. The molecule has 0 saturated heterocycles. The second-order valence-electron chi connectivity index (χ2n) is 12.1. The zero-order valence-electron chi connectivity index (χ0n) is 24.9. The van der Waals surface area contributed by atoms with Crippen molar-refractivity contribution in [2.24, 2.45) is 4.99 Å². The number of allylic oxidation sites excluding steroid dienone is 2. The third kappa shape index (κ3) is 3.64. The standard InChI is InChI=1S/C42H28N4/c1-3-13-27(14-4-1)41-42(44-36-21-11-10-20-35(36)43-41)46-37-22-12-9-19-31(37)33-25-34-32-23-28-15-7-8-16-29(28)24-38(32)45(39(34)26-40(33)46)30-17-5-2-6-18-30/h1-26,36,44H. The summed E-state index contributed by atoms with van der Waals surface area (Å²) in [6.07, 6.45) is 8.45. The van der Waals surface area contributed by atoms with Gasteiger partial charge in [0, 0.05) is 32.8 Å². The zero-order chi connectivity index (χ0) is 30.2. The van der Waals surface area contributed by atoms with Crippen LogP contribution < -0.4 is 5.32 Å². The Morgan fingerprint density at radius 2 is 1.17 bits per heavy atom. The molecule has 8 aromatic rings. The molecule has 216 valence electrons. The van der Waals surface area contributed by atoms with Crippen molar-refractivity contribution in [2.45, 2.75) is 6.04 Å². The maximum atomic E-state index is 5.29. The summed E-state index contributed by atoms with van der Waals surface area (Å²) >= 11 is 0. The third-order valence-corrected chi connectivity index (χ3v) is 9.47. The summed E-state index contributed by atoms with van der Waals surface area (Å²) in [6, 6.07) is 48.1. The van der Waals surface area contributed by atoms with Gasteiger partial charge in [0.15, 0.2) is 0 Å². The summed E-state index contributed by atoms with van der Waals surface area (Å²) in [5.41, 5.74) is 8.85. The molecule has 0 saturated carbocycles. The number of benzene rings is 6. The van der Waals surface area contributed by atoms with Crippen molar-refractivity contribution in [3.8, 4) is 5.69 Å². The Morgan fingerprint density at radius 3 is 2.02 bits per heavy atom. The van der Waals surface area contributed by atoms with Crippen LogP contribution in [-0.2, 0) is 0 Å². The fraction of sp³-hybridized carbons (Fsp3) is 0.0238. The topological polar surface area (TPSA) is 34.2 Å². The summed E-state index contributed by atoms with van der Waals surface area (Å²) in [4.78, 5) is 5.29. The highest BCUT2D eigenvalue weighted by Crippen LogP contribution is 2.42. The molecule has 0 fully saturated rings. The Kier molecular flexibility index (Phi) is 5.31. The Morgan fingerprint density at radius 1 is 0.522 bits per heavy atom. The van der Waals surface area contributed by atoms with Crippen LogP contribution >= 0.6 is 0 Å². The Labute approximate surface area is 265 Å². The first-order valence-electron chi connectivity index (χ1n) is 15.8. The number of fused-ring (bicyclic) bond motifs is 8. The van der Waals surface area contributed by atoms with Crippen molar-refractivity contribution in [1.82, 2.24) is 14.5 Å². The molecule has 0 amide bonds. The molecule has 4 heteroatoms. The van der Waals surface area contributed by atoms with E-state index in [1.54, 1.807) is 0 Å². The second-order valence-corrected chi connectivity index (χ2v) is 12.1. The van der Waals surface area contributed by atoms with E-state index in [1.807, 2.05) is 0 Å².